The Morgan fingerprint density at radius 1 is 1.29 bits per heavy atom. The minimum atomic E-state index is -1.07. The van der Waals surface area contributed by atoms with E-state index in [1.54, 1.807) is 31.0 Å². The highest BCUT2D eigenvalue weighted by Crippen LogP contribution is 2.19. The number of benzene rings is 1. The van der Waals surface area contributed by atoms with E-state index in [1.807, 2.05) is 0 Å². The molecule has 1 aromatic carbocycles. The van der Waals surface area contributed by atoms with Crippen LogP contribution in [0, 0.1) is 0 Å². The number of hydrogen-bond acceptors (Lipinski definition) is 6. The maximum Gasteiger partial charge on any atom is 0.341 e. The van der Waals surface area contributed by atoms with Crippen molar-refractivity contribution in [1.82, 2.24) is 9.97 Å². The van der Waals surface area contributed by atoms with Gasteiger partial charge in [-0.25, -0.2) is 19.6 Å². The second-order valence-electron chi connectivity index (χ2n) is 4.97. The van der Waals surface area contributed by atoms with E-state index in [0.717, 1.165) is 5.56 Å². The maximum absolute atomic E-state index is 11.6. The molecule has 24 heavy (non-hydrogen) atoms. The fourth-order valence-corrected chi connectivity index (χ4v) is 2.30. The highest BCUT2D eigenvalue weighted by Gasteiger charge is 2.12. The summed E-state index contributed by atoms with van der Waals surface area (Å²) in [6.07, 6.45) is 2.80. The largest absolute Gasteiger partial charge is 0.478 e. The lowest BCUT2D eigenvalue weighted by Gasteiger charge is -2.17. The zero-order chi connectivity index (χ0) is 17.7. The number of esters is 1. The van der Waals surface area contributed by atoms with Crippen molar-refractivity contribution in [2.45, 2.75) is 13.5 Å². The van der Waals surface area contributed by atoms with E-state index < -0.39 is 11.9 Å². The van der Waals surface area contributed by atoms with Gasteiger partial charge in [-0.15, -0.1) is 0 Å². The van der Waals surface area contributed by atoms with Crippen molar-refractivity contribution in [2.75, 3.05) is 18.6 Å². The van der Waals surface area contributed by atoms with Gasteiger partial charge in [0.1, 0.15) is 0 Å². The van der Waals surface area contributed by atoms with Crippen molar-refractivity contribution in [2.24, 2.45) is 0 Å². The van der Waals surface area contributed by atoms with Gasteiger partial charge >= 0.3 is 11.9 Å². The highest BCUT2D eigenvalue weighted by molar-refractivity contribution is 6.33. The number of hydrogen-bond donors (Lipinski definition) is 1. The molecule has 0 bridgehead atoms. The zero-order valence-corrected chi connectivity index (χ0v) is 13.9. The zero-order valence-electron chi connectivity index (χ0n) is 13.2. The lowest BCUT2D eigenvalue weighted by molar-refractivity contribution is 0.0525. The highest BCUT2D eigenvalue weighted by atomic mass is 35.5. The topological polar surface area (TPSA) is 92.6 Å². The average molecular weight is 350 g/mol. The van der Waals surface area contributed by atoms with Crippen molar-refractivity contribution in [3.8, 4) is 0 Å². The summed E-state index contributed by atoms with van der Waals surface area (Å²) < 4.78 is 4.87. The van der Waals surface area contributed by atoms with Crippen molar-refractivity contribution in [1.29, 1.82) is 0 Å². The number of carboxylic acid groups (broad SMARTS) is 1. The number of aromatic carboxylic acids is 1. The summed E-state index contributed by atoms with van der Waals surface area (Å²) in [7, 11) is 1.78. The molecule has 0 aliphatic heterocycles. The van der Waals surface area contributed by atoms with E-state index in [9.17, 15) is 9.59 Å². The minimum Gasteiger partial charge on any atom is -0.478 e. The van der Waals surface area contributed by atoms with Crippen LogP contribution in [0.25, 0.3) is 0 Å². The molecule has 1 N–H and O–H groups in total. The monoisotopic (exact) mass is 349 g/mol. The fourth-order valence-electron chi connectivity index (χ4n) is 2.01. The predicted molar refractivity (Wildman–Crippen MR) is 88.5 cm³/mol. The molecular formula is C16H16ClN3O4. The molecule has 0 spiro atoms. The van der Waals surface area contributed by atoms with Gasteiger partial charge in [0, 0.05) is 26.0 Å². The Balaban J connectivity index is 2.09. The Kier molecular flexibility index (Phi) is 5.70. The Morgan fingerprint density at radius 2 is 1.96 bits per heavy atom. The van der Waals surface area contributed by atoms with Crippen LogP contribution in [0.3, 0.4) is 0 Å². The van der Waals surface area contributed by atoms with E-state index in [0.29, 0.717) is 12.5 Å². The summed E-state index contributed by atoms with van der Waals surface area (Å²) in [5.41, 5.74) is 1.14. The molecule has 0 fully saturated rings. The van der Waals surface area contributed by atoms with Crippen LogP contribution in [0.1, 0.15) is 33.2 Å². The van der Waals surface area contributed by atoms with Crippen LogP contribution >= 0.6 is 11.6 Å². The van der Waals surface area contributed by atoms with E-state index in [1.165, 1.54) is 18.5 Å². The van der Waals surface area contributed by atoms with Crippen LogP contribution in [0.15, 0.2) is 30.6 Å². The average Bonchev–Trinajstić information content (AvgIpc) is 2.55. The number of rotatable bonds is 6. The molecule has 0 atom stereocenters. The van der Waals surface area contributed by atoms with Gasteiger partial charge in [0.05, 0.1) is 22.8 Å². The van der Waals surface area contributed by atoms with Gasteiger partial charge in [-0.05, 0) is 24.6 Å². The number of anilines is 1. The van der Waals surface area contributed by atoms with Crippen LogP contribution in [0.2, 0.25) is 5.02 Å². The lowest BCUT2D eigenvalue weighted by atomic mass is 10.1. The van der Waals surface area contributed by atoms with Gasteiger partial charge in [-0.1, -0.05) is 17.7 Å². The van der Waals surface area contributed by atoms with Crippen molar-refractivity contribution >= 4 is 29.5 Å². The summed E-state index contributed by atoms with van der Waals surface area (Å²) in [6, 6.07) is 4.73. The van der Waals surface area contributed by atoms with Crippen molar-refractivity contribution in [3.63, 3.8) is 0 Å². The third-order valence-corrected chi connectivity index (χ3v) is 3.49. The summed E-state index contributed by atoms with van der Waals surface area (Å²) in [6.45, 7) is 2.44. The Bertz CT molecular complexity index is 749. The third kappa shape index (κ3) is 4.20. The number of carbonyl (C=O) groups is 2. The Labute approximate surface area is 143 Å². The molecule has 1 heterocycles. The first-order valence-corrected chi connectivity index (χ1v) is 7.52. The number of carbonyl (C=O) groups excluding carboxylic acids is 1. The third-order valence-electron chi connectivity index (χ3n) is 3.17. The van der Waals surface area contributed by atoms with E-state index in [4.69, 9.17) is 21.4 Å². The molecule has 7 nitrogen and oxygen atoms in total. The summed E-state index contributed by atoms with van der Waals surface area (Å²) in [5, 5.41) is 9.15. The molecule has 1 aromatic heterocycles. The number of aromatic nitrogens is 2. The first kappa shape index (κ1) is 17.7. The van der Waals surface area contributed by atoms with Gasteiger partial charge in [0.25, 0.3) is 0 Å². The molecule has 0 radical (unpaired) electrons. The smallest absolute Gasteiger partial charge is 0.341 e. The fraction of sp³-hybridized carbons (Fsp3) is 0.250. The molecule has 0 saturated heterocycles. The van der Waals surface area contributed by atoms with Gasteiger partial charge in [-0.2, -0.15) is 0 Å². The van der Waals surface area contributed by atoms with Crippen molar-refractivity contribution in [3.05, 3.63) is 52.3 Å². The summed E-state index contributed by atoms with van der Waals surface area (Å²) in [4.78, 5) is 32.5. The van der Waals surface area contributed by atoms with Crippen LogP contribution in [-0.2, 0) is 11.3 Å². The number of halogens is 1. The van der Waals surface area contributed by atoms with Gasteiger partial charge in [-0.3, -0.25) is 0 Å². The first-order chi connectivity index (χ1) is 11.4. The molecule has 2 rings (SSSR count). The molecule has 0 amide bonds. The minimum absolute atomic E-state index is 0.0538. The second kappa shape index (κ2) is 7.74. The number of ether oxygens (including phenoxy) is 1. The first-order valence-electron chi connectivity index (χ1n) is 7.14. The molecule has 0 saturated carbocycles. The molecule has 0 aliphatic carbocycles. The van der Waals surface area contributed by atoms with Gasteiger partial charge < -0.3 is 14.7 Å². The van der Waals surface area contributed by atoms with E-state index in [2.05, 4.69) is 9.97 Å². The molecule has 0 unspecified atom stereocenters. The molecule has 8 heteroatoms. The van der Waals surface area contributed by atoms with Gasteiger partial charge in [0.15, 0.2) is 0 Å². The summed E-state index contributed by atoms with van der Waals surface area (Å²) >= 11 is 5.96. The second-order valence-corrected chi connectivity index (χ2v) is 5.37. The Hall–Kier alpha value is -2.67. The summed E-state index contributed by atoms with van der Waals surface area (Å²) in [5.74, 6) is -1.12. The van der Waals surface area contributed by atoms with Crippen molar-refractivity contribution < 1.29 is 19.4 Å². The maximum atomic E-state index is 11.6. The van der Waals surface area contributed by atoms with Crippen LogP contribution in [0.4, 0.5) is 5.95 Å². The molecular weight excluding hydrogens is 334 g/mol. The molecule has 2 aromatic rings. The predicted octanol–water partition coefficient (Wildman–Crippen LogP) is 2.64. The van der Waals surface area contributed by atoms with Crippen LogP contribution in [-0.4, -0.2) is 40.7 Å². The SMILES string of the molecule is CCOC(=O)c1cnc(N(C)Cc2ccc(C(=O)O)c(Cl)c2)nc1. The lowest BCUT2D eigenvalue weighted by Crippen LogP contribution is -2.19. The number of carboxylic acids is 1. The van der Waals surface area contributed by atoms with Gasteiger partial charge in [0.2, 0.25) is 5.95 Å². The van der Waals surface area contributed by atoms with Crippen LogP contribution in [0.5, 0.6) is 0 Å². The van der Waals surface area contributed by atoms with Crippen LogP contribution < -0.4 is 4.90 Å². The molecule has 0 aliphatic rings. The molecule has 126 valence electrons. The normalized spacial score (nSPS) is 10.3. The van der Waals surface area contributed by atoms with E-state index in [-0.39, 0.29) is 22.8 Å². The standard InChI is InChI=1S/C16H16ClN3O4/c1-3-24-15(23)11-7-18-16(19-8-11)20(2)9-10-4-5-12(14(21)22)13(17)6-10/h4-8H,3,9H2,1-2H3,(H,21,22). The quantitative estimate of drug-likeness (QED) is 0.801. The Morgan fingerprint density at radius 3 is 2.50 bits per heavy atom. The van der Waals surface area contributed by atoms with E-state index >= 15 is 0 Å². The number of nitrogens with zero attached hydrogens (tertiary/aromatic N) is 3.